The zero-order valence-corrected chi connectivity index (χ0v) is 13.6. The van der Waals surface area contributed by atoms with Crippen LogP contribution in [-0.2, 0) is 6.18 Å². The van der Waals surface area contributed by atoms with Crippen LogP contribution in [0, 0.1) is 5.82 Å². The number of aromatic nitrogens is 2. The van der Waals surface area contributed by atoms with Gasteiger partial charge in [0, 0.05) is 6.42 Å². The molecule has 1 N–H and O–H groups in total. The molecule has 0 amide bonds. The smallest absolute Gasteiger partial charge is 0.363 e. The number of halogens is 5. The summed E-state index contributed by atoms with van der Waals surface area (Å²) in [5, 5.41) is 2.31. The second-order valence-electron chi connectivity index (χ2n) is 6.27. The molecule has 27 heavy (non-hydrogen) atoms. The van der Waals surface area contributed by atoms with Crippen molar-refractivity contribution in [1.82, 2.24) is 9.55 Å². The van der Waals surface area contributed by atoms with Gasteiger partial charge in [-0.05, 0) is 24.3 Å². The van der Waals surface area contributed by atoms with E-state index in [1.807, 2.05) is 0 Å². The molecule has 1 aliphatic rings. The van der Waals surface area contributed by atoms with Crippen LogP contribution in [0.4, 0.5) is 27.8 Å². The zero-order chi connectivity index (χ0) is 19.3. The zero-order valence-electron chi connectivity index (χ0n) is 13.6. The van der Waals surface area contributed by atoms with Gasteiger partial charge in [-0.3, -0.25) is 4.57 Å². The van der Waals surface area contributed by atoms with Crippen molar-refractivity contribution >= 4 is 16.7 Å². The maximum Gasteiger partial charge on any atom is 0.416 e. The molecule has 4 rings (SSSR count). The minimum Gasteiger partial charge on any atom is -0.363 e. The lowest BCUT2D eigenvalue weighted by molar-refractivity contribution is -0.137. The third-order valence-corrected chi connectivity index (χ3v) is 4.32. The Morgan fingerprint density at radius 1 is 1.15 bits per heavy atom. The largest absolute Gasteiger partial charge is 0.416 e. The molecule has 1 aromatic heterocycles. The quantitative estimate of drug-likeness (QED) is 0.696. The van der Waals surface area contributed by atoms with Gasteiger partial charge in [0.25, 0.3) is 0 Å². The first-order chi connectivity index (χ1) is 12.8. The van der Waals surface area contributed by atoms with Crippen LogP contribution in [-0.4, -0.2) is 21.8 Å². The minimum absolute atomic E-state index is 0.160. The molecule has 0 radical (unpaired) electrons. The van der Waals surface area contributed by atoms with E-state index >= 15 is 0 Å². The van der Waals surface area contributed by atoms with Crippen molar-refractivity contribution in [3.63, 3.8) is 0 Å². The van der Waals surface area contributed by atoms with Crippen molar-refractivity contribution < 1.29 is 22.0 Å². The van der Waals surface area contributed by atoms with Crippen LogP contribution in [0.2, 0.25) is 0 Å². The van der Waals surface area contributed by atoms with E-state index in [4.69, 9.17) is 0 Å². The summed E-state index contributed by atoms with van der Waals surface area (Å²) in [6.07, 6.45) is -5.81. The van der Waals surface area contributed by atoms with Gasteiger partial charge in [0.05, 0.1) is 28.2 Å². The second-order valence-corrected chi connectivity index (χ2v) is 6.27. The van der Waals surface area contributed by atoms with Crippen molar-refractivity contribution in [1.29, 1.82) is 0 Å². The molecule has 4 nitrogen and oxygen atoms in total. The molecule has 1 heterocycles. The Balaban J connectivity index is 2.05. The van der Waals surface area contributed by atoms with Crippen LogP contribution < -0.4 is 11.0 Å². The molecule has 140 valence electrons. The maximum atomic E-state index is 14.6. The highest BCUT2D eigenvalue weighted by Crippen LogP contribution is 2.36. The summed E-state index contributed by atoms with van der Waals surface area (Å²) in [7, 11) is 0. The summed E-state index contributed by atoms with van der Waals surface area (Å²) < 4.78 is 68.3. The molecule has 2 aromatic carbocycles. The van der Waals surface area contributed by atoms with Gasteiger partial charge in [-0.25, -0.2) is 13.6 Å². The van der Waals surface area contributed by atoms with Crippen molar-refractivity contribution in [2.24, 2.45) is 0 Å². The van der Waals surface area contributed by atoms with E-state index in [-0.39, 0.29) is 28.8 Å². The SMILES string of the molecule is O=c1nc(N[C@@H]2C[C@H]2F)c2c(F)cc(C(F)(F)F)cc2n1-c1ccccc1. The van der Waals surface area contributed by atoms with E-state index < -0.39 is 35.5 Å². The highest BCUT2D eigenvalue weighted by molar-refractivity contribution is 5.91. The highest BCUT2D eigenvalue weighted by Gasteiger charge is 2.39. The summed E-state index contributed by atoms with van der Waals surface area (Å²) in [6, 6.07) is 8.21. The van der Waals surface area contributed by atoms with Crippen molar-refractivity contribution in [2.45, 2.75) is 24.8 Å². The van der Waals surface area contributed by atoms with Crippen LogP contribution in [0.15, 0.2) is 47.3 Å². The summed E-state index contributed by atoms with van der Waals surface area (Å²) in [5.74, 6) is -1.46. The molecule has 9 heteroatoms. The van der Waals surface area contributed by atoms with E-state index in [2.05, 4.69) is 10.3 Å². The Hall–Kier alpha value is -2.97. The molecular formula is C18H12F5N3O. The monoisotopic (exact) mass is 381 g/mol. The topological polar surface area (TPSA) is 46.9 Å². The molecule has 1 saturated carbocycles. The highest BCUT2D eigenvalue weighted by atomic mass is 19.4. The molecule has 1 aliphatic carbocycles. The van der Waals surface area contributed by atoms with Gasteiger partial charge in [-0.1, -0.05) is 18.2 Å². The van der Waals surface area contributed by atoms with Gasteiger partial charge in [0.1, 0.15) is 17.8 Å². The first-order valence-corrected chi connectivity index (χ1v) is 8.05. The predicted octanol–water partition coefficient (Wildman–Crippen LogP) is 4.07. The average molecular weight is 381 g/mol. The number of nitrogens with zero attached hydrogens (tertiary/aromatic N) is 2. The van der Waals surface area contributed by atoms with Crippen LogP contribution in [0.3, 0.4) is 0 Å². The standard InChI is InChI=1S/C18H12F5N3O/c19-11-8-13(11)24-16-15-12(20)6-9(18(21,22)23)7-14(15)26(17(27)25-16)10-4-2-1-3-5-10/h1-7,11,13H,8H2,(H,24,25,27)/t11-,13-/m1/s1. The number of hydrogen-bond donors (Lipinski definition) is 1. The van der Waals surface area contributed by atoms with Gasteiger partial charge in [0.2, 0.25) is 0 Å². The minimum atomic E-state index is -4.80. The fraction of sp³-hybridized carbons (Fsp3) is 0.222. The van der Waals surface area contributed by atoms with Crippen LogP contribution in [0.25, 0.3) is 16.6 Å². The Bertz CT molecular complexity index is 1080. The van der Waals surface area contributed by atoms with E-state index in [1.165, 1.54) is 12.1 Å². The number of alkyl halides is 4. The molecule has 0 spiro atoms. The van der Waals surface area contributed by atoms with Crippen molar-refractivity contribution in [2.75, 3.05) is 5.32 Å². The molecular weight excluding hydrogens is 369 g/mol. The number of hydrogen-bond acceptors (Lipinski definition) is 3. The molecule has 0 unspecified atom stereocenters. The van der Waals surface area contributed by atoms with Crippen molar-refractivity contribution in [3.8, 4) is 5.69 Å². The molecule has 1 fully saturated rings. The number of anilines is 1. The lowest BCUT2D eigenvalue weighted by Gasteiger charge is -2.16. The van der Waals surface area contributed by atoms with Crippen LogP contribution in [0.1, 0.15) is 12.0 Å². The second kappa shape index (κ2) is 6.04. The summed E-state index contributed by atoms with van der Waals surface area (Å²) in [5.41, 5.74) is -2.19. The Labute approximate surface area is 149 Å². The first kappa shape index (κ1) is 17.4. The Morgan fingerprint density at radius 3 is 2.41 bits per heavy atom. The van der Waals surface area contributed by atoms with Gasteiger partial charge in [-0.15, -0.1) is 0 Å². The number of rotatable bonds is 3. The van der Waals surface area contributed by atoms with Crippen LogP contribution in [0.5, 0.6) is 0 Å². The van der Waals surface area contributed by atoms with Gasteiger partial charge in [0.15, 0.2) is 0 Å². The van der Waals surface area contributed by atoms with Gasteiger partial charge < -0.3 is 5.32 Å². The third-order valence-electron chi connectivity index (χ3n) is 4.32. The lowest BCUT2D eigenvalue weighted by atomic mass is 10.1. The summed E-state index contributed by atoms with van der Waals surface area (Å²) in [4.78, 5) is 16.3. The summed E-state index contributed by atoms with van der Waals surface area (Å²) >= 11 is 0. The van der Waals surface area contributed by atoms with Gasteiger partial charge >= 0.3 is 11.9 Å². The fourth-order valence-electron chi connectivity index (χ4n) is 2.89. The molecule has 0 saturated heterocycles. The number of nitrogens with one attached hydrogen (secondary N) is 1. The Morgan fingerprint density at radius 2 is 1.81 bits per heavy atom. The fourth-order valence-corrected chi connectivity index (χ4v) is 2.89. The Kier molecular flexibility index (Phi) is 3.90. The first-order valence-electron chi connectivity index (χ1n) is 8.05. The normalized spacial score (nSPS) is 19.3. The van der Waals surface area contributed by atoms with E-state index in [0.717, 1.165) is 4.57 Å². The van der Waals surface area contributed by atoms with Crippen LogP contribution >= 0.6 is 0 Å². The maximum absolute atomic E-state index is 14.6. The third kappa shape index (κ3) is 3.13. The molecule has 0 aliphatic heterocycles. The molecule has 3 aromatic rings. The average Bonchev–Trinajstić information content (AvgIpc) is 3.29. The summed E-state index contributed by atoms with van der Waals surface area (Å²) in [6.45, 7) is 0. The van der Waals surface area contributed by atoms with Crippen molar-refractivity contribution in [3.05, 3.63) is 64.3 Å². The number of benzene rings is 2. The predicted molar refractivity (Wildman–Crippen MR) is 89.2 cm³/mol. The van der Waals surface area contributed by atoms with E-state index in [9.17, 15) is 26.7 Å². The number of para-hydroxylation sites is 1. The van der Waals surface area contributed by atoms with E-state index in [0.29, 0.717) is 12.1 Å². The number of fused-ring (bicyclic) bond motifs is 1. The lowest BCUT2D eigenvalue weighted by Crippen LogP contribution is -2.25. The van der Waals surface area contributed by atoms with E-state index in [1.54, 1.807) is 18.2 Å². The molecule has 0 bridgehead atoms. The molecule has 2 atom stereocenters. The van der Waals surface area contributed by atoms with Gasteiger partial charge in [-0.2, -0.15) is 18.2 Å².